The molecule has 0 fully saturated rings. The van der Waals surface area contributed by atoms with E-state index in [1.807, 2.05) is 35.7 Å². The lowest BCUT2D eigenvalue weighted by atomic mass is 10.0. The van der Waals surface area contributed by atoms with E-state index in [-0.39, 0.29) is 11.2 Å². The molecule has 0 bridgehead atoms. The van der Waals surface area contributed by atoms with Gasteiger partial charge in [0.15, 0.2) is 0 Å². The van der Waals surface area contributed by atoms with Crippen molar-refractivity contribution in [2.75, 3.05) is 0 Å². The SMILES string of the molecule is CCn1c(=O)[nH]c2scc(-c3ccc(-c4ccccc4)cc3)c2c1=O. The zero-order chi connectivity index (χ0) is 17.4. The van der Waals surface area contributed by atoms with Crippen LogP contribution in [-0.4, -0.2) is 9.55 Å². The third kappa shape index (κ3) is 2.62. The van der Waals surface area contributed by atoms with Crippen LogP contribution in [-0.2, 0) is 6.54 Å². The zero-order valence-corrected chi connectivity index (χ0v) is 14.5. The Balaban J connectivity index is 1.85. The fourth-order valence-electron chi connectivity index (χ4n) is 3.03. The van der Waals surface area contributed by atoms with E-state index in [1.165, 1.54) is 15.9 Å². The highest BCUT2D eigenvalue weighted by molar-refractivity contribution is 7.17. The van der Waals surface area contributed by atoms with Gasteiger partial charge in [-0.05, 0) is 23.6 Å². The lowest BCUT2D eigenvalue weighted by Crippen LogP contribution is -2.34. The van der Waals surface area contributed by atoms with Crippen LogP contribution >= 0.6 is 11.3 Å². The summed E-state index contributed by atoms with van der Waals surface area (Å²) in [5, 5.41) is 2.51. The summed E-state index contributed by atoms with van der Waals surface area (Å²) in [7, 11) is 0. The van der Waals surface area contributed by atoms with Gasteiger partial charge in [-0.3, -0.25) is 14.3 Å². The first-order chi connectivity index (χ1) is 12.2. The van der Waals surface area contributed by atoms with Crippen LogP contribution < -0.4 is 11.2 Å². The largest absolute Gasteiger partial charge is 0.329 e. The molecule has 5 heteroatoms. The molecular weight excluding hydrogens is 332 g/mol. The van der Waals surface area contributed by atoms with Crippen molar-refractivity contribution in [1.29, 1.82) is 0 Å². The summed E-state index contributed by atoms with van der Waals surface area (Å²) in [6.45, 7) is 2.15. The molecule has 0 aliphatic rings. The number of thiophene rings is 1. The molecule has 2 aromatic carbocycles. The lowest BCUT2D eigenvalue weighted by molar-refractivity contribution is 0.685. The molecule has 4 aromatic rings. The van der Waals surface area contributed by atoms with Crippen molar-refractivity contribution < 1.29 is 0 Å². The highest BCUT2D eigenvalue weighted by Crippen LogP contribution is 2.31. The predicted molar refractivity (Wildman–Crippen MR) is 103 cm³/mol. The van der Waals surface area contributed by atoms with Crippen LogP contribution in [0.25, 0.3) is 32.5 Å². The van der Waals surface area contributed by atoms with Crippen LogP contribution in [0, 0.1) is 0 Å². The van der Waals surface area contributed by atoms with Gasteiger partial charge < -0.3 is 0 Å². The molecule has 2 aromatic heterocycles. The quantitative estimate of drug-likeness (QED) is 0.606. The van der Waals surface area contributed by atoms with Gasteiger partial charge in [0.25, 0.3) is 5.56 Å². The maximum Gasteiger partial charge on any atom is 0.329 e. The molecule has 0 radical (unpaired) electrons. The lowest BCUT2D eigenvalue weighted by Gasteiger charge is -2.05. The normalized spacial score (nSPS) is 11.1. The first-order valence-electron chi connectivity index (χ1n) is 8.09. The Morgan fingerprint density at radius 1 is 0.920 bits per heavy atom. The van der Waals surface area contributed by atoms with E-state index in [1.54, 1.807) is 6.92 Å². The monoisotopic (exact) mass is 348 g/mol. The molecule has 0 aliphatic carbocycles. The van der Waals surface area contributed by atoms with E-state index in [9.17, 15) is 9.59 Å². The van der Waals surface area contributed by atoms with E-state index in [2.05, 4.69) is 29.2 Å². The van der Waals surface area contributed by atoms with Crippen LogP contribution in [0.1, 0.15) is 6.92 Å². The molecule has 25 heavy (non-hydrogen) atoms. The van der Waals surface area contributed by atoms with E-state index in [0.717, 1.165) is 22.3 Å². The van der Waals surface area contributed by atoms with Gasteiger partial charge >= 0.3 is 5.69 Å². The molecule has 0 atom stereocenters. The molecule has 4 nitrogen and oxygen atoms in total. The van der Waals surface area contributed by atoms with Gasteiger partial charge in [-0.2, -0.15) is 0 Å². The van der Waals surface area contributed by atoms with Crippen molar-refractivity contribution >= 4 is 21.6 Å². The average molecular weight is 348 g/mol. The number of nitrogens with zero attached hydrogens (tertiary/aromatic N) is 1. The first-order valence-corrected chi connectivity index (χ1v) is 8.97. The summed E-state index contributed by atoms with van der Waals surface area (Å²) in [6, 6.07) is 18.3. The van der Waals surface area contributed by atoms with Crippen molar-refractivity contribution in [3.8, 4) is 22.3 Å². The molecule has 0 aliphatic heterocycles. The summed E-state index contributed by atoms with van der Waals surface area (Å²) >= 11 is 1.39. The second kappa shape index (κ2) is 6.18. The van der Waals surface area contributed by atoms with Gasteiger partial charge in [0.1, 0.15) is 4.83 Å². The van der Waals surface area contributed by atoms with E-state index >= 15 is 0 Å². The van der Waals surface area contributed by atoms with Crippen molar-refractivity contribution in [2.24, 2.45) is 0 Å². The summed E-state index contributed by atoms with van der Waals surface area (Å²) in [6.07, 6.45) is 0. The number of hydrogen-bond donors (Lipinski definition) is 1. The van der Waals surface area contributed by atoms with Crippen molar-refractivity contribution in [3.63, 3.8) is 0 Å². The summed E-state index contributed by atoms with van der Waals surface area (Å²) in [5.74, 6) is 0. The fraction of sp³-hybridized carbons (Fsp3) is 0.100. The second-order valence-corrected chi connectivity index (χ2v) is 6.66. The highest BCUT2D eigenvalue weighted by Gasteiger charge is 2.14. The van der Waals surface area contributed by atoms with Crippen molar-refractivity contribution in [1.82, 2.24) is 9.55 Å². The number of aromatic nitrogens is 2. The summed E-state index contributed by atoms with van der Waals surface area (Å²) < 4.78 is 1.23. The molecule has 0 unspecified atom stereocenters. The number of H-pyrrole nitrogens is 1. The highest BCUT2D eigenvalue weighted by atomic mass is 32.1. The Morgan fingerprint density at radius 2 is 1.56 bits per heavy atom. The molecule has 0 saturated heterocycles. The van der Waals surface area contributed by atoms with E-state index < -0.39 is 0 Å². The fourth-order valence-corrected chi connectivity index (χ4v) is 3.98. The minimum atomic E-state index is -0.354. The average Bonchev–Trinajstić information content (AvgIpc) is 3.07. The molecule has 1 N–H and O–H groups in total. The van der Waals surface area contributed by atoms with Crippen LogP contribution in [0.3, 0.4) is 0 Å². The Bertz CT molecular complexity index is 1150. The number of hydrogen-bond acceptors (Lipinski definition) is 3. The summed E-state index contributed by atoms with van der Waals surface area (Å²) in [4.78, 5) is 28.1. The zero-order valence-electron chi connectivity index (χ0n) is 13.7. The van der Waals surface area contributed by atoms with Gasteiger partial charge in [-0.1, -0.05) is 54.6 Å². The Labute approximate surface area is 148 Å². The number of fused-ring (bicyclic) bond motifs is 1. The van der Waals surface area contributed by atoms with Crippen LogP contribution in [0.15, 0.2) is 69.6 Å². The maximum atomic E-state index is 12.7. The third-order valence-electron chi connectivity index (χ3n) is 4.33. The topological polar surface area (TPSA) is 54.9 Å². The van der Waals surface area contributed by atoms with E-state index in [0.29, 0.717) is 16.8 Å². The smallest absolute Gasteiger partial charge is 0.298 e. The molecule has 4 rings (SSSR count). The molecule has 124 valence electrons. The van der Waals surface area contributed by atoms with Gasteiger partial charge in [0.05, 0.1) is 5.39 Å². The van der Waals surface area contributed by atoms with Crippen molar-refractivity contribution in [3.05, 3.63) is 80.8 Å². The molecular formula is C20H16N2O2S. The standard InChI is InChI=1S/C20H16N2O2S/c1-2-22-19(23)17-16(12-25-18(17)21-20(22)24)15-10-8-14(9-11-15)13-6-4-3-5-7-13/h3-12H,2H2,1H3,(H,21,24). The number of benzene rings is 2. The Hall–Kier alpha value is -2.92. The maximum absolute atomic E-state index is 12.7. The molecule has 0 amide bonds. The third-order valence-corrected chi connectivity index (χ3v) is 5.23. The van der Waals surface area contributed by atoms with Crippen LogP contribution in [0.2, 0.25) is 0 Å². The minimum Gasteiger partial charge on any atom is -0.298 e. The molecule has 0 saturated carbocycles. The first kappa shape index (κ1) is 15.6. The number of nitrogens with one attached hydrogen (secondary N) is 1. The molecule has 0 spiro atoms. The number of aromatic amines is 1. The predicted octanol–water partition coefficient (Wildman–Crippen LogP) is 4.11. The van der Waals surface area contributed by atoms with E-state index in [4.69, 9.17) is 0 Å². The van der Waals surface area contributed by atoms with Crippen molar-refractivity contribution in [2.45, 2.75) is 13.5 Å². The van der Waals surface area contributed by atoms with Gasteiger partial charge in [0.2, 0.25) is 0 Å². The van der Waals surface area contributed by atoms with Crippen LogP contribution in [0.5, 0.6) is 0 Å². The molecule has 2 heterocycles. The minimum absolute atomic E-state index is 0.232. The van der Waals surface area contributed by atoms with Gasteiger partial charge in [0, 0.05) is 17.5 Å². The Morgan fingerprint density at radius 3 is 2.24 bits per heavy atom. The number of rotatable bonds is 3. The van der Waals surface area contributed by atoms with Gasteiger partial charge in [-0.25, -0.2) is 4.79 Å². The van der Waals surface area contributed by atoms with Crippen LogP contribution in [0.4, 0.5) is 0 Å². The van der Waals surface area contributed by atoms with Gasteiger partial charge in [-0.15, -0.1) is 11.3 Å². The second-order valence-electron chi connectivity index (χ2n) is 5.78. The Kier molecular flexibility index (Phi) is 3.86. The summed E-state index contributed by atoms with van der Waals surface area (Å²) in [5.41, 5.74) is 3.53.